The molecule has 0 bridgehead atoms. The van der Waals surface area contributed by atoms with Crippen molar-refractivity contribution >= 4 is 17.5 Å². The van der Waals surface area contributed by atoms with E-state index in [1.54, 1.807) is 6.92 Å². The summed E-state index contributed by atoms with van der Waals surface area (Å²) in [6.45, 7) is 2.35. The Bertz CT molecular complexity index is 601. The third-order valence-electron chi connectivity index (χ3n) is 3.31. The molecule has 1 N–H and O–H groups in total. The lowest BCUT2D eigenvalue weighted by Gasteiger charge is -2.14. The van der Waals surface area contributed by atoms with Crippen LogP contribution in [0.1, 0.15) is 18.9 Å². The number of para-hydroxylation sites is 1. The molecule has 0 radical (unpaired) electrons. The van der Waals surface area contributed by atoms with Gasteiger partial charge in [0, 0.05) is 11.6 Å². The van der Waals surface area contributed by atoms with Crippen LogP contribution in [0.5, 0.6) is 5.75 Å². The van der Waals surface area contributed by atoms with E-state index in [1.807, 2.05) is 54.6 Å². The number of aryl methyl sites for hydroxylation is 1. The van der Waals surface area contributed by atoms with E-state index in [1.165, 1.54) is 0 Å². The molecule has 0 unspecified atom stereocenters. The highest BCUT2D eigenvalue weighted by molar-refractivity contribution is 6.31. The van der Waals surface area contributed by atoms with Crippen molar-refractivity contribution in [3.05, 3.63) is 65.2 Å². The van der Waals surface area contributed by atoms with E-state index in [4.69, 9.17) is 16.3 Å². The van der Waals surface area contributed by atoms with Gasteiger partial charge in [0.25, 0.3) is 5.91 Å². The van der Waals surface area contributed by atoms with Gasteiger partial charge in [-0.25, -0.2) is 0 Å². The van der Waals surface area contributed by atoms with E-state index in [2.05, 4.69) is 5.32 Å². The maximum atomic E-state index is 12.0. The normalized spacial score (nSPS) is 11.7. The number of hydrogen-bond donors (Lipinski definition) is 1. The molecular formula is C18H20ClNO2. The zero-order valence-electron chi connectivity index (χ0n) is 12.6. The van der Waals surface area contributed by atoms with Crippen molar-refractivity contribution in [1.82, 2.24) is 5.32 Å². The molecule has 22 heavy (non-hydrogen) atoms. The van der Waals surface area contributed by atoms with Crippen LogP contribution in [-0.4, -0.2) is 18.6 Å². The fourth-order valence-corrected chi connectivity index (χ4v) is 2.32. The molecule has 0 heterocycles. The average Bonchev–Trinajstić information content (AvgIpc) is 2.53. The zero-order chi connectivity index (χ0) is 15.8. The third kappa shape index (κ3) is 5.08. The average molecular weight is 318 g/mol. The van der Waals surface area contributed by atoms with Crippen molar-refractivity contribution in [3.63, 3.8) is 0 Å². The van der Waals surface area contributed by atoms with E-state index < -0.39 is 6.10 Å². The van der Waals surface area contributed by atoms with Crippen LogP contribution in [0.15, 0.2) is 54.6 Å². The van der Waals surface area contributed by atoms with Gasteiger partial charge in [0.15, 0.2) is 6.10 Å². The number of nitrogens with one attached hydrogen (secondary N) is 1. The van der Waals surface area contributed by atoms with Crippen LogP contribution >= 0.6 is 11.6 Å². The molecule has 0 fully saturated rings. The number of rotatable bonds is 7. The van der Waals surface area contributed by atoms with Crippen molar-refractivity contribution in [3.8, 4) is 5.75 Å². The maximum Gasteiger partial charge on any atom is 0.260 e. The fraction of sp³-hybridized carbons (Fsp3) is 0.278. The molecule has 0 aliphatic rings. The number of carbonyl (C=O) groups is 1. The monoisotopic (exact) mass is 317 g/mol. The highest BCUT2D eigenvalue weighted by Crippen LogP contribution is 2.16. The minimum absolute atomic E-state index is 0.108. The Labute approximate surface area is 136 Å². The Morgan fingerprint density at radius 2 is 1.82 bits per heavy atom. The summed E-state index contributed by atoms with van der Waals surface area (Å²) in [6, 6.07) is 17.1. The number of halogens is 1. The van der Waals surface area contributed by atoms with Crippen LogP contribution in [-0.2, 0) is 11.2 Å². The predicted octanol–water partition coefficient (Wildman–Crippen LogP) is 3.86. The van der Waals surface area contributed by atoms with Gasteiger partial charge in [-0.15, -0.1) is 0 Å². The van der Waals surface area contributed by atoms with Gasteiger partial charge in [0.1, 0.15) is 5.75 Å². The third-order valence-corrected chi connectivity index (χ3v) is 3.67. The van der Waals surface area contributed by atoms with E-state index in [-0.39, 0.29) is 5.91 Å². The Hall–Kier alpha value is -2.00. The standard InChI is InChI=1S/C18H20ClNO2/c1-14(22-16-10-3-2-4-11-16)18(21)20-13-7-9-15-8-5-6-12-17(15)19/h2-6,8,10-12,14H,7,9,13H2,1H3,(H,20,21)/t14-/m0/s1. The molecule has 0 spiro atoms. The van der Waals surface area contributed by atoms with Crippen LogP contribution in [0.3, 0.4) is 0 Å². The molecule has 1 amide bonds. The molecule has 1 atom stereocenters. The Morgan fingerprint density at radius 1 is 1.14 bits per heavy atom. The van der Waals surface area contributed by atoms with Gasteiger partial charge in [-0.05, 0) is 43.5 Å². The van der Waals surface area contributed by atoms with Crippen LogP contribution in [0.4, 0.5) is 0 Å². The van der Waals surface area contributed by atoms with Crippen molar-refractivity contribution in [2.24, 2.45) is 0 Å². The molecule has 2 aromatic carbocycles. The van der Waals surface area contributed by atoms with Gasteiger partial charge in [-0.1, -0.05) is 48.0 Å². The molecule has 4 heteroatoms. The van der Waals surface area contributed by atoms with Crippen LogP contribution in [0.2, 0.25) is 5.02 Å². The summed E-state index contributed by atoms with van der Waals surface area (Å²) < 4.78 is 5.58. The zero-order valence-corrected chi connectivity index (χ0v) is 13.3. The second-order valence-corrected chi connectivity index (χ2v) is 5.47. The SMILES string of the molecule is C[C@H](Oc1ccccc1)C(=O)NCCCc1ccccc1Cl. The molecule has 0 aliphatic heterocycles. The summed E-state index contributed by atoms with van der Waals surface area (Å²) in [5, 5.41) is 3.66. The van der Waals surface area contributed by atoms with Gasteiger partial charge in [0.05, 0.1) is 0 Å². The number of amides is 1. The quantitative estimate of drug-likeness (QED) is 0.788. The summed E-state index contributed by atoms with van der Waals surface area (Å²) >= 11 is 6.10. The van der Waals surface area contributed by atoms with E-state index >= 15 is 0 Å². The van der Waals surface area contributed by atoms with Crippen molar-refractivity contribution in [2.45, 2.75) is 25.9 Å². The lowest BCUT2D eigenvalue weighted by atomic mass is 10.1. The molecule has 2 aromatic rings. The van der Waals surface area contributed by atoms with Crippen molar-refractivity contribution in [1.29, 1.82) is 0 Å². The molecule has 0 aliphatic carbocycles. The molecular weight excluding hydrogens is 298 g/mol. The topological polar surface area (TPSA) is 38.3 Å². The molecule has 0 saturated carbocycles. The van der Waals surface area contributed by atoms with Gasteiger partial charge >= 0.3 is 0 Å². The second kappa shape index (κ2) is 8.44. The van der Waals surface area contributed by atoms with Crippen molar-refractivity contribution < 1.29 is 9.53 Å². The van der Waals surface area contributed by atoms with Gasteiger partial charge in [-0.2, -0.15) is 0 Å². The highest BCUT2D eigenvalue weighted by Gasteiger charge is 2.13. The second-order valence-electron chi connectivity index (χ2n) is 5.06. The van der Waals surface area contributed by atoms with E-state index in [0.717, 1.165) is 23.4 Å². The van der Waals surface area contributed by atoms with Crippen molar-refractivity contribution in [2.75, 3.05) is 6.54 Å². The smallest absolute Gasteiger partial charge is 0.260 e. The first kappa shape index (κ1) is 16.4. The number of hydrogen-bond acceptors (Lipinski definition) is 2. The minimum atomic E-state index is -0.511. The molecule has 0 saturated heterocycles. The Balaban J connectivity index is 1.70. The molecule has 2 rings (SSSR count). The minimum Gasteiger partial charge on any atom is -0.481 e. The van der Waals surface area contributed by atoms with Gasteiger partial charge < -0.3 is 10.1 Å². The summed E-state index contributed by atoms with van der Waals surface area (Å²) in [7, 11) is 0. The first-order valence-electron chi connectivity index (χ1n) is 7.39. The molecule has 116 valence electrons. The predicted molar refractivity (Wildman–Crippen MR) is 89.3 cm³/mol. The lowest BCUT2D eigenvalue weighted by Crippen LogP contribution is -2.36. The van der Waals surface area contributed by atoms with E-state index in [9.17, 15) is 4.79 Å². The van der Waals surface area contributed by atoms with Gasteiger partial charge in [0.2, 0.25) is 0 Å². The molecule has 3 nitrogen and oxygen atoms in total. The molecule has 0 aromatic heterocycles. The number of carbonyl (C=O) groups excluding carboxylic acids is 1. The summed E-state index contributed by atoms with van der Waals surface area (Å²) in [4.78, 5) is 12.0. The Morgan fingerprint density at radius 3 is 2.55 bits per heavy atom. The van der Waals surface area contributed by atoms with E-state index in [0.29, 0.717) is 12.3 Å². The van der Waals surface area contributed by atoms with Crippen LogP contribution in [0.25, 0.3) is 0 Å². The lowest BCUT2D eigenvalue weighted by molar-refractivity contribution is -0.127. The fourth-order valence-electron chi connectivity index (χ4n) is 2.09. The summed E-state index contributed by atoms with van der Waals surface area (Å²) in [5.41, 5.74) is 1.10. The first-order valence-corrected chi connectivity index (χ1v) is 7.77. The van der Waals surface area contributed by atoms with Crippen LogP contribution < -0.4 is 10.1 Å². The Kier molecular flexibility index (Phi) is 6.28. The first-order chi connectivity index (χ1) is 10.7. The largest absolute Gasteiger partial charge is 0.481 e. The van der Waals surface area contributed by atoms with Crippen LogP contribution in [0, 0.1) is 0 Å². The summed E-state index contributed by atoms with van der Waals surface area (Å²) in [5.74, 6) is 0.587. The van der Waals surface area contributed by atoms with Gasteiger partial charge in [-0.3, -0.25) is 4.79 Å². The number of ether oxygens (including phenoxy) is 1. The number of benzene rings is 2. The summed E-state index contributed by atoms with van der Waals surface area (Å²) in [6.07, 6.45) is 1.17. The highest BCUT2D eigenvalue weighted by atomic mass is 35.5. The maximum absolute atomic E-state index is 12.0.